The van der Waals surface area contributed by atoms with E-state index in [1.165, 1.54) is 31.2 Å². The second-order valence-corrected chi connectivity index (χ2v) is 14.0. The average molecular weight is 751 g/mol. The van der Waals surface area contributed by atoms with Crippen molar-refractivity contribution in [2.45, 2.75) is 35.4 Å². The molecule has 4 amide bonds. The van der Waals surface area contributed by atoms with Gasteiger partial charge in [0.2, 0.25) is 17.6 Å². The number of hydrogen-bond donors (Lipinski definition) is 3. The summed E-state index contributed by atoms with van der Waals surface area (Å²) in [6.07, 6.45) is 0.517. The molecule has 3 aromatic carbocycles. The molecule has 6 atom stereocenters. The number of hydrogen-bond acceptors (Lipinski definition) is 7. The first kappa shape index (κ1) is 34.4. The molecule has 0 bridgehead atoms. The number of halogens is 7. The van der Waals surface area contributed by atoms with Crippen molar-refractivity contribution in [2.24, 2.45) is 17.8 Å². The SMILES string of the molecule is Cc1cccc(C2C3=CCC4C(=O)N(c5ccc(C(=O)O)c(O)c5)C(=O)C4C3CC3(Cl)C(=O)N(c4c(F)c(F)c(F)c(F)c4F)C(=O)C23Cl)c1O. The van der Waals surface area contributed by atoms with Crippen LogP contribution in [0, 0.1) is 53.8 Å². The number of alkyl halides is 2. The summed E-state index contributed by atoms with van der Waals surface area (Å²) in [5.41, 5.74) is -2.41. The van der Waals surface area contributed by atoms with Crippen molar-refractivity contribution < 1.29 is 61.2 Å². The fourth-order valence-electron chi connectivity index (χ4n) is 7.92. The summed E-state index contributed by atoms with van der Waals surface area (Å²) in [6.45, 7) is 1.48. The first-order valence-electron chi connectivity index (χ1n) is 15.1. The highest BCUT2D eigenvalue weighted by atomic mass is 35.5. The molecular weight excluding hydrogens is 730 g/mol. The number of phenols is 2. The third kappa shape index (κ3) is 4.30. The van der Waals surface area contributed by atoms with Crippen LogP contribution in [-0.2, 0) is 19.2 Å². The number of fused-ring (bicyclic) bond motifs is 4. The van der Waals surface area contributed by atoms with Crippen LogP contribution in [-0.4, -0.2) is 54.7 Å². The number of imide groups is 2. The minimum absolute atomic E-state index is 0.121. The van der Waals surface area contributed by atoms with Gasteiger partial charge in [0.25, 0.3) is 11.8 Å². The number of phenolic OH excluding ortho intramolecular Hbond substituents is 1. The van der Waals surface area contributed by atoms with Gasteiger partial charge in [-0.2, -0.15) is 0 Å². The Morgan fingerprint density at radius 1 is 0.843 bits per heavy atom. The normalized spacial score (nSPS) is 28.5. The van der Waals surface area contributed by atoms with Gasteiger partial charge in [-0.25, -0.2) is 36.5 Å². The number of nitrogens with zero attached hydrogens (tertiary/aromatic N) is 2. The molecule has 3 aromatic rings. The molecule has 51 heavy (non-hydrogen) atoms. The standard InChI is InChI=1S/C34H21Cl2F5N2O8/c1-11-3-2-4-16(27(11)45)20-13-7-8-15-19(29(47)42(28(15)46)12-5-6-14(30(48)49)18(44)9-12)17(13)10-33(35)31(50)43(32(51)34(20,33)36)26-24(40)22(38)21(37)23(39)25(26)41/h2-7,9,15,17,19-20,44-45H,8,10H2,1H3,(H,48,49). The minimum atomic E-state index is -2.81. The smallest absolute Gasteiger partial charge is 0.339 e. The number of amides is 4. The summed E-state index contributed by atoms with van der Waals surface area (Å²) in [5.74, 6) is -25.7. The molecule has 0 spiro atoms. The summed E-state index contributed by atoms with van der Waals surface area (Å²) < 4.78 is 73.2. The number of carboxylic acid groups (broad SMARTS) is 1. The molecule has 0 aromatic heterocycles. The van der Waals surface area contributed by atoms with Gasteiger partial charge in [-0.05, 0) is 43.4 Å². The number of allylic oxidation sites excluding steroid dienone is 2. The molecule has 2 aliphatic carbocycles. The number of aryl methyl sites for hydroxylation is 1. The Balaban J connectivity index is 1.42. The summed E-state index contributed by atoms with van der Waals surface area (Å²) in [6, 6.07) is 7.22. The quantitative estimate of drug-likeness (QED) is 0.0782. The zero-order chi connectivity index (χ0) is 37.2. The van der Waals surface area contributed by atoms with E-state index in [-0.39, 0.29) is 33.7 Å². The lowest BCUT2D eigenvalue weighted by Crippen LogP contribution is -2.60. The summed E-state index contributed by atoms with van der Waals surface area (Å²) in [4.78, 5) is 62.8. The van der Waals surface area contributed by atoms with Crippen LogP contribution < -0.4 is 9.80 Å². The van der Waals surface area contributed by atoms with E-state index in [2.05, 4.69) is 0 Å². The number of rotatable bonds is 4. The maximum Gasteiger partial charge on any atom is 0.339 e. The lowest BCUT2D eigenvalue weighted by atomic mass is 9.56. The lowest BCUT2D eigenvalue weighted by molar-refractivity contribution is -0.125. The van der Waals surface area contributed by atoms with Gasteiger partial charge in [0.1, 0.15) is 22.7 Å². The molecule has 2 heterocycles. The molecule has 17 heteroatoms. The third-order valence-electron chi connectivity index (χ3n) is 10.3. The zero-order valence-electron chi connectivity index (χ0n) is 25.7. The number of anilines is 2. The van der Waals surface area contributed by atoms with Crippen molar-refractivity contribution in [3.8, 4) is 11.5 Å². The van der Waals surface area contributed by atoms with Crippen LogP contribution in [0.4, 0.5) is 33.3 Å². The molecule has 0 radical (unpaired) electrons. The van der Waals surface area contributed by atoms with Crippen molar-refractivity contribution >= 4 is 64.2 Å². The van der Waals surface area contributed by atoms with Crippen molar-refractivity contribution in [2.75, 3.05) is 9.80 Å². The second kappa shape index (κ2) is 11.2. The maximum absolute atomic E-state index is 15.2. The van der Waals surface area contributed by atoms with Crippen LogP contribution >= 0.6 is 23.2 Å². The highest BCUT2D eigenvalue weighted by Crippen LogP contribution is 2.67. The lowest BCUT2D eigenvalue weighted by Gasteiger charge is -2.50. The van der Waals surface area contributed by atoms with Gasteiger partial charge in [-0.15, -0.1) is 23.2 Å². The van der Waals surface area contributed by atoms with Gasteiger partial charge in [-0.1, -0.05) is 29.8 Å². The highest BCUT2D eigenvalue weighted by molar-refractivity contribution is 6.58. The largest absolute Gasteiger partial charge is 0.507 e. The van der Waals surface area contributed by atoms with Crippen LogP contribution in [0.2, 0.25) is 0 Å². The molecule has 264 valence electrons. The van der Waals surface area contributed by atoms with E-state index in [9.17, 15) is 52.5 Å². The summed E-state index contributed by atoms with van der Waals surface area (Å²) >= 11 is 14.1. The molecule has 10 nitrogen and oxygen atoms in total. The number of aromatic hydroxyl groups is 2. The van der Waals surface area contributed by atoms with E-state index < -0.39 is 121 Å². The topological polar surface area (TPSA) is 153 Å². The molecule has 2 aliphatic heterocycles. The van der Waals surface area contributed by atoms with Gasteiger partial charge < -0.3 is 15.3 Å². The van der Waals surface area contributed by atoms with Gasteiger partial charge in [-0.3, -0.25) is 19.2 Å². The van der Waals surface area contributed by atoms with Crippen LogP contribution in [0.1, 0.15) is 40.2 Å². The van der Waals surface area contributed by atoms with E-state index in [4.69, 9.17) is 23.2 Å². The van der Waals surface area contributed by atoms with Crippen LogP contribution in [0.25, 0.3) is 0 Å². The highest BCUT2D eigenvalue weighted by Gasteiger charge is 2.77. The maximum atomic E-state index is 15.2. The van der Waals surface area contributed by atoms with E-state index in [1.807, 2.05) is 0 Å². The Kier molecular flexibility index (Phi) is 7.59. The molecule has 1 saturated carbocycles. The Morgan fingerprint density at radius 2 is 1.47 bits per heavy atom. The van der Waals surface area contributed by atoms with Gasteiger partial charge in [0, 0.05) is 17.5 Å². The second-order valence-electron chi connectivity index (χ2n) is 12.7. The fourth-order valence-corrected chi connectivity index (χ4v) is 8.85. The number of carbonyl (C=O) groups is 5. The first-order chi connectivity index (χ1) is 23.9. The van der Waals surface area contributed by atoms with Crippen LogP contribution in [0.15, 0.2) is 48.0 Å². The monoisotopic (exact) mass is 750 g/mol. The molecular formula is C34H21Cl2F5N2O8. The van der Waals surface area contributed by atoms with Crippen molar-refractivity contribution in [1.29, 1.82) is 0 Å². The Labute approximate surface area is 293 Å². The van der Waals surface area contributed by atoms with Crippen LogP contribution in [0.3, 0.4) is 0 Å². The number of benzene rings is 3. The first-order valence-corrected chi connectivity index (χ1v) is 15.9. The van der Waals surface area contributed by atoms with Gasteiger partial charge in [0.05, 0.1) is 17.5 Å². The summed E-state index contributed by atoms with van der Waals surface area (Å²) in [5, 5.41) is 30.8. The van der Waals surface area contributed by atoms with Crippen molar-refractivity contribution in [3.05, 3.63) is 93.8 Å². The van der Waals surface area contributed by atoms with E-state index in [0.29, 0.717) is 4.90 Å². The van der Waals surface area contributed by atoms with E-state index >= 15 is 8.78 Å². The average Bonchev–Trinajstić information content (AvgIpc) is 3.42. The predicted octanol–water partition coefficient (Wildman–Crippen LogP) is 5.57. The third-order valence-corrected chi connectivity index (χ3v) is 11.7. The van der Waals surface area contributed by atoms with Crippen LogP contribution in [0.5, 0.6) is 11.5 Å². The number of carboxylic acids is 1. The number of para-hydroxylation sites is 1. The predicted molar refractivity (Wildman–Crippen MR) is 167 cm³/mol. The molecule has 2 saturated heterocycles. The van der Waals surface area contributed by atoms with Gasteiger partial charge >= 0.3 is 5.97 Å². The van der Waals surface area contributed by atoms with E-state index in [0.717, 1.165) is 18.2 Å². The fraction of sp³-hybridized carbons (Fsp3) is 0.265. The minimum Gasteiger partial charge on any atom is -0.507 e. The van der Waals surface area contributed by atoms with Crippen molar-refractivity contribution in [3.63, 3.8) is 0 Å². The molecule has 6 unspecified atom stereocenters. The molecule has 4 aliphatic rings. The molecule has 3 N–H and O–H groups in total. The Bertz CT molecular complexity index is 2190. The summed E-state index contributed by atoms with van der Waals surface area (Å²) in [7, 11) is 0. The Morgan fingerprint density at radius 3 is 2.08 bits per heavy atom. The molecule has 3 fully saturated rings. The van der Waals surface area contributed by atoms with Gasteiger partial charge in [0.15, 0.2) is 33.0 Å². The molecule has 7 rings (SSSR count). The van der Waals surface area contributed by atoms with E-state index in [1.54, 1.807) is 0 Å². The number of carbonyl (C=O) groups excluding carboxylic acids is 4. The number of aromatic carboxylic acids is 1. The zero-order valence-corrected chi connectivity index (χ0v) is 27.2. The van der Waals surface area contributed by atoms with Crippen molar-refractivity contribution in [1.82, 2.24) is 0 Å². The Hall–Kier alpha value is -5.02.